The molecular weight excluding hydrogens is 316 g/mol. The Morgan fingerprint density at radius 1 is 1.53 bits per heavy atom. The van der Waals surface area contributed by atoms with Crippen LogP contribution in [0.2, 0.25) is 0 Å². The lowest BCUT2D eigenvalue weighted by Crippen LogP contribution is -2.30. The third-order valence-electron chi connectivity index (χ3n) is 2.53. The Hall–Kier alpha value is -1.47. The molecule has 0 aliphatic rings. The van der Waals surface area contributed by atoms with E-state index in [4.69, 9.17) is 4.74 Å². The van der Waals surface area contributed by atoms with Crippen LogP contribution in [0.4, 0.5) is 5.69 Å². The van der Waals surface area contributed by atoms with E-state index in [-0.39, 0.29) is 21.6 Å². The Morgan fingerprint density at radius 3 is 2.79 bits per heavy atom. The molecule has 0 aliphatic carbocycles. The summed E-state index contributed by atoms with van der Waals surface area (Å²) in [6.07, 6.45) is 0. The summed E-state index contributed by atoms with van der Waals surface area (Å²) in [6.45, 7) is 3.33. The average Bonchev–Trinajstić information content (AvgIpc) is 2.38. The summed E-state index contributed by atoms with van der Waals surface area (Å²) in [6, 6.07) is 4.39. The molecule has 0 unspecified atom stereocenters. The quantitative estimate of drug-likeness (QED) is 0.456. The topological polar surface area (TPSA) is 72.7 Å². The first kappa shape index (κ1) is 15.6. The predicted molar refractivity (Wildman–Crippen MR) is 74.2 cm³/mol. The fourth-order valence-electron chi connectivity index (χ4n) is 1.48. The molecule has 0 N–H and O–H groups in total. The standard InChI is InChI=1S/C12H15BrN2O4/c1-3-19-8-7-14(2)12(16)9-5-4-6-10(11(9)13)15(17)18/h4-6H,3,7-8H2,1-2H3. The summed E-state index contributed by atoms with van der Waals surface area (Å²) in [5.74, 6) is -0.282. The van der Waals surface area contributed by atoms with E-state index in [9.17, 15) is 14.9 Å². The number of nitrogens with zero attached hydrogens (tertiary/aromatic N) is 2. The molecule has 1 amide bonds. The van der Waals surface area contributed by atoms with Crippen molar-refractivity contribution in [2.24, 2.45) is 0 Å². The van der Waals surface area contributed by atoms with Gasteiger partial charge in [0.1, 0.15) is 4.47 Å². The minimum Gasteiger partial charge on any atom is -0.380 e. The zero-order chi connectivity index (χ0) is 14.4. The molecule has 0 radical (unpaired) electrons. The van der Waals surface area contributed by atoms with Crippen molar-refractivity contribution in [3.05, 3.63) is 38.3 Å². The number of hydrogen-bond acceptors (Lipinski definition) is 4. The second kappa shape index (κ2) is 7.20. The van der Waals surface area contributed by atoms with Crippen LogP contribution >= 0.6 is 15.9 Å². The number of carbonyl (C=O) groups is 1. The molecule has 0 aliphatic heterocycles. The molecule has 0 saturated heterocycles. The van der Waals surface area contributed by atoms with E-state index in [1.54, 1.807) is 13.1 Å². The third-order valence-corrected chi connectivity index (χ3v) is 3.36. The lowest BCUT2D eigenvalue weighted by atomic mass is 10.2. The number of nitro benzene ring substituents is 1. The van der Waals surface area contributed by atoms with Crippen molar-refractivity contribution in [2.75, 3.05) is 26.8 Å². The van der Waals surface area contributed by atoms with E-state index in [1.807, 2.05) is 6.92 Å². The van der Waals surface area contributed by atoms with E-state index >= 15 is 0 Å². The van der Waals surface area contributed by atoms with Gasteiger partial charge < -0.3 is 9.64 Å². The molecule has 0 spiro atoms. The second-order valence-electron chi connectivity index (χ2n) is 3.82. The highest BCUT2D eigenvalue weighted by atomic mass is 79.9. The Morgan fingerprint density at radius 2 is 2.21 bits per heavy atom. The summed E-state index contributed by atoms with van der Waals surface area (Å²) in [5.41, 5.74) is 0.150. The van der Waals surface area contributed by atoms with Gasteiger partial charge in [-0.2, -0.15) is 0 Å². The molecule has 1 rings (SSSR count). The monoisotopic (exact) mass is 330 g/mol. The first-order valence-corrected chi connectivity index (χ1v) is 6.54. The van der Waals surface area contributed by atoms with Crippen LogP contribution in [0.15, 0.2) is 22.7 Å². The molecule has 7 heteroatoms. The van der Waals surface area contributed by atoms with Crippen LogP contribution in [0.3, 0.4) is 0 Å². The molecule has 0 heterocycles. The summed E-state index contributed by atoms with van der Waals surface area (Å²) < 4.78 is 5.37. The maximum Gasteiger partial charge on any atom is 0.284 e. The Labute approximate surface area is 119 Å². The highest BCUT2D eigenvalue weighted by Crippen LogP contribution is 2.28. The Bertz CT molecular complexity index is 479. The van der Waals surface area contributed by atoms with Gasteiger partial charge in [0, 0.05) is 26.3 Å². The molecule has 0 fully saturated rings. The molecular formula is C12H15BrN2O4. The molecule has 0 aromatic heterocycles. The summed E-state index contributed by atoms with van der Waals surface area (Å²) in [5, 5.41) is 10.8. The van der Waals surface area contributed by atoms with E-state index in [0.717, 1.165) is 0 Å². The molecule has 19 heavy (non-hydrogen) atoms. The number of carbonyl (C=O) groups excluding carboxylic acids is 1. The highest BCUT2D eigenvalue weighted by molar-refractivity contribution is 9.10. The van der Waals surface area contributed by atoms with Gasteiger partial charge >= 0.3 is 0 Å². The van der Waals surface area contributed by atoms with E-state index in [2.05, 4.69) is 15.9 Å². The van der Waals surface area contributed by atoms with Crippen molar-refractivity contribution >= 4 is 27.5 Å². The Kier molecular flexibility index (Phi) is 5.91. The average molecular weight is 331 g/mol. The third kappa shape index (κ3) is 4.00. The molecule has 0 atom stereocenters. The highest BCUT2D eigenvalue weighted by Gasteiger charge is 2.21. The fraction of sp³-hybridized carbons (Fsp3) is 0.417. The van der Waals surface area contributed by atoms with Crippen LogP contribution < -0.4 is 0 Å². The number of benzene rings is 1. The van der Waals surface area contributed by atoms with Gasteiger partial charge in [0.2, 0.25) is 0 Å². The normalized spacial score (nSPS) is 10.3. The number of hydrogen-bond donors (Lipinski definition) is 0. The van der Waals surface area contributed by atoms with Gasteiger partial charge in [-0.1, -0.05) is 6.07 Å². The van der Waals surface area contributed by atoms with Gasteiger partial charge in [-0.25, -0.2) is 0 Å². The van der Waals surface area contributed by atoms with Crippen molar-refractivity contribution < 1.29 is 14.5 Å². The van der Waals surface area contributed by atoms with Crippen LogP contribution in [0, 0.1) is 10.1 Å². The van der Waals surface area contributed by atoms with Gasteiger partial charge in [-0.15, -0.1) is 0 Å². The summed E-state index contributed by atoms with van der Waals surface area (Å²) in [4.78, 5) is 23.9. The maximum atomic E-state index is 12.2. The molecule has 1 aromatic rings. The van der Waals surface area contributed by atoms with Crippen molar-refractivity contribution in [1.82, 2.24) is 4.90 Å². The Balaban J connectivity index is 2.88. The van der Waals surface area contributed by atoms with Crippen LogP contribution in [0.25, 0.3) is 0 Å². The SMILES string of the molecule is CCOCCN(C)C(=O)c1cccc([N+](=O)[O-])c1Br. The summed E-state index contributed by atoms with van der Waals surface area (Å²) in [7, 11) is 1.63. The lowest BCUT2D eigenvalue weighted by molar-refractivity contribution is -0.385. The molecule has 1 aromatic carbocycles. The number of ether oxygens (including phenoxy) is 1. The first-order valence-electron chi connectivity index (χ1n) is 5.75. The molecule has 104 valence electrons. The number of halogens is 1. The van der Waals surface area contributed by atoms with E-state index < -0.39 is 4.92 Å². The zero-order valence-corrected chi connectivity index (χ0v) is 12.3. The fourth-order valence-corrected chi connectivity index (χ4v) is 2.06. The van der Waals surface area contributed by atoms with Crippen molar-refractivity contribution in [3.8, 4) is 0 Å². The number of amides is 1. The van der Waals surface area contributed by atoms with Crippen molar-refractivity contribution in [1.29, 1.82) is 0 Å². The minimum atomic E-state index is -0.527. The molecule has 0 saturated carbocycles. The van der Waals surface area contributed by atoms with Crippen LogP contribution in [0.5, 0.6) is 0 Å². The van der Waals surface area contributed by atoms with Crippen LogP contribution in [-0.2, 0) is 4.74 Å². The minimum absolute atomic E-state index is 0.121. The van der Waals surface area contributed by atoms with Crippen LogP contribution in [-0.4, -0.2) is 42.5 Å². The smallest absolute Gasteiger partial charge is 0.284 e. The van der Waals surface area contributed by atoms with E-state index in [0.29, 0.717) is 19.8 Å². The number of rotatable bonds is 6. The van der Waals surface area contributed by atoms with Crippen molar-refractivity contribution in [3.63, 3.8) is 0 Å². The van der Waals surface area contributed by atoms with Gasteiger partial charge in [-0.05, 0) is 28.9 Å². The second-order valence-corrected chi connectivity index (χ2v) is 4.61. The van der Waals surface area contributed by atoms with Crippen molar-refractivity contribution in [2.45, 2.75) is 6.92 Å². The predicted octanol–water partition coefficient (Wildman–Crippen LogP) is 2.47. The maximum absolute atomic E-state index is 12.2. The van der Waals surface area contributed by atoms with E-state index in [1.165, 1.54) is 17.0 Å². The first-order chi connectivity index (χ1) is 8.99. The number of nitro groups is 1. The lowest BCUT2D eigenvalue weighted by Gasteiger charge is -2.17. The molecule has 6 nitrogen and oxygen atoms in total. The number of likely N-dealkylation sites (N-methyl/N-ethyl adjacent to an activating group) is 1. The zero-order valence-electron chi connectivity index (χ0n) is 10.8. The summed E-state index contributed by atoms with van der Waals surface area (Å²) >= 11 is 3.11. The van der Waals surface area contributed by atoms with Gasteiger partial charge in [0.05, 0.1) is 17.1 Å². The largest absolute Gasteiger partial charge is 0.380 e. The van der Waals surface area contributed by atoms with Crippen LogP contribution in [0.1, 0.15) is 17.3 Å². The molecule has 0 bridgehead atoms. The van der Waals surface area contributed by atoms with Gasteiger partial charge in [0.25, 0.3) is 11.6 Å². The van der Waals surface area contributed by atoms with Gasteiger partial charge in [0.15, 0.2) is 0 Å². The van der Waals surface area contributed by atoms with Gasteiger partial charge in [-0.3, -0.25) is 14.9 Å².